The molecule has 1 unspecified atom stereocenters. The van der Waals surface area contributed by atoms with Gasteiger partial charge in [0.25, 0.3) is 0 Å². The Balaban J connectivity index is 4.50. The first kappa shape index (κ1) is 32.3. The fourth-order valence-corrected chi connectivity index (χ4v) is 5.13. The van der Waals surface area contributed by atoms with Gasteiger partial charge in [0, 0.05) is 32.6 Å². The lowest BCUT2D eigenvalue weighted by atomic mass is 9.76. The Bertz CT molecular complexity index is 547. The number of nitrogens with one attached hydrogen (secondary N) is 2. The van der Waals surface area contributed by atoms with Crippen molar-refractivity contribution in [2.45, 2.75) is 108 Å². The number of aliphatic hydroxyl groups is 1. The number of hydrogen-bond donors (Lipinski definition) is 4. The van der Waals surface area contributed by atoms with E-state index in [1.807, 2.05) is 0 Å². The molecule has 0 fully saturated rings. The van der Waals surface area contributed by atoms with Crippen LogP contribution >= 0.6 is 0 Å². The van der Waals surface area contributed by atoms with Crippen LogP contribution in [0.15, 0.2) is 0 Å². The minimum absolute atomic E-state index is 0.0731. The molecule has 33 heavy (non-hydrogen) atoms. The first-order valence-electron chi connectivity index (χ1n) is 12.9. The molecule has 0 aliphatic carbocycles. The van der Waals surface area contributed by atoms with Gasteiger partial charge in [0.15, 0.2) is 0 Å². The molecule has 198 valence electrons. The summed E-state index contributed by atoms with van der Waals surface area (Å²) in [6, 6.07) is 0. The van der Waals surface area contributed by atoms with E-state index in [1.54, 1.807) is 0 Å². The SMILES string of the molecule is CC(C)(C)CC(C)(C)CNC(=O)CCN(CCCN)CCC(O)NCC(C)(C)CC(C)(C)C. The molecule has 1 atom stereocenters. The highest BCUT2D eigenvalue weighted by Crippen LogP contribution is 2.33. The van der Waals surface area contributed by atoms with Crippen LogP contribution in [0.1, 0.15) is 101 Å². The van der Waals surface area contributed by atoms with Crippen LogP contribution in [0, 0.1) is 21.7 Å². The number of rotatable bonds is 16. The summed E-state index contributed by atoms with van der Waals surface area (Å²) in [5.74, 6) is 0.0948. The van der Waals surface area contributed by atoms with Gasteiger partial charge in [-0.1, -0.05) is 69.2 Å². The second-order valence-electron chi connectivity index (χ2n) is 14.0. The van der Waals surface area contributed by atoms with E-state index in [0.29, 0.717) is 32.5 Å². The standard InChI is InChI=1S/C27H58N4O2/c1-24(2,3)18-26(7,8)20-29-22(32)12-16-31(15-11-14-28)17-13-23(33)30-21-27(9,10)19-25(4,5)6/h22,29,32H,11-21,28H2,1-10H3,(H,30,33). The molecule has 0 radical (unpaired) electrons. The third kappa shape index (κ3) is 19.3. The van der Waals surface area contributed by atoms with E-state index < -0.39 is 6.23 Å². The average molecular weight is 471 g/mol. The van der Waals surface area contributed by atoms with Crippen LogP contribution in [-0.2, 0) is 4.79 Å². The van der Waals surface area contributed by atoms with Crippen molar-refractivity contribution in [1.82, 2.24) is 15.5 Å². The molecule has 0 rings (SSSR count). The van der Waals surface area contributed by atoms with Gasteiger partial charge in [0.2, 0.25) is 5.91 Å². The van der Waals surface area contributed by atoms with Crippen molar-refractivity contribution in [2.24, 2.45) is 27.4 Å². The van der Waals surface area contributed by atoms with Crippen LogP contribution in [-0.4, -0.2) is 61.4 Å². The highest BCUT2D eigenvalue weighted by molar-refractivity contribution is 5.76. The lowest BCUT2D eigenvalue weighted by molar-refractivity contribution is -0.122. The molecule has 0 spiro atoms. The van der Waals surface area contributed by atoms with Crippen LogP contribution in [0.25, 0.3) is 0 Å². The molecule has 0 saturated heterocycles. The van der Waals surface area contributed by atoms with Gasteiger partial charge in [-0.25, -0.2) is 0 Å². The molecule has 0 aromatic heterocycles. The summed E-state index contributed by atoms with van der Waals surface area (Å²) >= 11 is 0. The Labute approximate surface area is 205 Å². The van der Waals surface area contributed by atoms with E-state index in [1.165, 1.54) is 0 Å². The third-order valence-corrected chi connectivity index (χ3v) is 5.65. The van der Waals surface area contributed by atoms with Crippen molar-refractivity contribution >= 4 is 5.91 Å². The predicted molar refractivity (Wildman–Crippen MR) is 142 cm³/mol. The summed E-state index contributed by atoms with van der Waals surface area (Å²) in [5.41, 5.74) is 6.41. The summed E-state index contributed by atoms with van der Waals surface area (Å²) in [6.07, 6.45) is 3.60. The molecular formula is C27H58N4O2. The lowest BCUT2D eigenvalue weighted by Crippen LogP contribution is -2.41. The first-order chi connectivity index (χ1) is 14.8. The van der Waals surface area contributed by atoms with Gasteiger partial charge in [-0.2, -0.15) is 0 Å². The van der Waals surface area contributed by atoms with E-state index in [0.717, 1.165) is 38.9 Å². The summed E-state index contributed by atoms with van der Waals surface area (Å²) in [5, 5.41) is 16.9. The Hall–Kier alpha value is -0.690. The van der Waals surface area contributed by atoms with Crippen LogP contribution in [0.2, 0.25) is 0 Å². The smallest absolute Gasteiger partial charge is 0.221 e. The molecule has 1 amide bonds. The second kappa shape index (κ2) is 14.0. The maximum atomic E-state index is 12.5. The maximum absolute atomic E-state index is 12.5. The van der Waals surface area contributed by atoms with Gasteiger partial charge in [0.05, 0.1) is 0 Å². The number of amides is 1. The zero-order chi connectivity index (χ0) is 25.9. The number of carbonyl (C=O) groups excluding carboxylic acids is 1. The molecule has 0 aromatic rings. The molecular weight excluding hydrogens is 412 g/mol. The van der Waals surface area contributed by atoms with Crippen molar-refractivity contribution in [1.29, 1.82) is 0 Å². The maximum Gasteiger partial charge on any atom is 0.221 e. The first-order valence-corrected chi connectivity index (χ1v) is 12.9. The average Bonchev–Trinajstić information content (AvgIpc) is 2.60. The van der Waals surface area contributed by atoms with Crippen molar-refractivity contribution in [3.05, 3.63) is 0 Å². The molecule has 0 saturated carbocycles. The fraction of sp³-hybridized carbons (Fsp3) is 0.963. The minimum atomic E-state index is -0.545. The van der Waals surface area contributed by atoms with Crippen molar-refractivity contribution in [2.75, 3.05) is 39.3 Å². The number of hydrogen-bond acceptors (Lipinski definition) is 5. The number of aliphatic hydroxyl groups excluding tert-OH is 1. The lowest BCUT2D eigenvalue weighted by Gasteiger charge is -2.33. The monoisotopic (exact) mass is 470 g/mol. The van der Waals surface area contributed by atoms with Crippen LogP contribution < -0.4 is 16.4 Å². The van der Waals surface area contributed by atoms with Gasteiger partial charge >= 0.3 is 0 Å². The van der Waals surface area contributed by atoms with Crippen molar-refractivity contribution in [3.8, 4) is 0 Å². The summed E-state index contributed by atoms with van der Waals surface area (Å²) < 4.78 is 0. The number of nitrogens with zero attached hydrogens (tertiary/aromatic N) is 1. The summed E-state index contributed by atoms with van der Waals surface area (Å²) in [7, 11) is 0. The minimum Gasteiger partial charge on any atom is -0.379 e. The topological polar surface area (TPSA) is 90.6 Å². The molecule has 0 heterocycles. The molecule has 6 heteroatoms. The van der Waals surface area contributed by atoms with E-state index in [2.05, 4.69) is 84.8 Å². The largest absolute Gasteiger partial charge is 0.379 e. The van der Waals surface area contributed by atoms with Gasteiger partial charge in [-0.3, -0.25) is 10.1 Å². The second-order valence-corrected chi connectivity index (χ2v) is 14.0. The Kier molecular flexibility index (Phi) is 13.7. The highest BCUT2D eigenvalue weighted by atomic mass is 16.3. The molecule has 0 aliphatic rings. The van der Waals surface area contributed by atoms with Gasteiger partial charge in [0.1, 0.15) is 6.23 Å². The van der Waals surface area contributed by atoms with Crippen LogP contribution in [0.4, 0.5) is 0 Å². The quantitative estimate of drug-likeness (QED) is 0.252. The van der Waals surface area contributed by atoms with E-state index in [9.17, 15) is 9.90 Å². The Morgan fingerprint density at radius 2 is 1.36 bits per heavy atom. The number of carbonyl (C=O) groups is 1. The number of nitrogens with two attached hydrogens (primary N) is 1. The van der Waals surface area contributed by atoms with Gasteiger partial charge in [-0.15, -0.1) is 0 Å². The van der Waals surface area contributed by atoms with Gasteiger partial charge in [-0.05, 0) is 60.4 Å². The molecule has 0 aliphatic heterocycles. The predicted octanol–water partition coefficient (Wildman–Crippen LogP) is 4.37. The van der Waals surface area contributed by atoms with E-state index in [-0.39, 0.29) is 27.6 Å². The normalized spacial score (nSPS) is 14.6. The van der Waals surface area contributed by atoms with Crippen molar-refractivity contribution < 1.29 is 9.90 Å². The van der Waals surface area contributed by atoms with E-state index in [4.69, 9.17) is 5.73 Å². The molecule has 0 aromatic carbocycles. The molecule has 0 bridgehead atoms. The zero-order valence-electron chi connectivity index (χ0n) is 23.7. The van der Waals surface area contributed by atoms with Crippen LogP contribution in [0.5, 0.6) is 0 Å². The summed E-state index contributed by atoms with van der Waals surface area (Å²) in [4.78, 5) is 14.7. The molecule has 5 N–H and O–H groups in total. The van der Waals surface area contributed by atoms with Crippen molar-refractivity contribution in [3.63, 3.8) is 0 Å². The Morgan fingerprint density at radius 3 is 1.85 bits per heavy atom. The van der Waals surface area contributed by atoms with Gasteiger partial charge < -0.3 is 21.1 Å². The fourth-order valence-electron chi connectivity index (χ4n) is 5.13. The van der Waals surface area contributed by atoms with E-state index >= 15 is 0 Å². The van der Waals surface area contributed by atoms with Crippen LogP contribution in [0.3, 0.4) is 0 Å². The summed E-state index contributed by atoms with van der Waals surface area (Å²) in [6.45, 7) is 26.8. The Morgan fingerprint density at radius 1 is 0.848 bits per heavy atom. The molecule has 6 nitrogen and oxygen atoms in total. The third-order valence-electron chi connectivity index (χ3n) is 5.65. The zero-order valence-corrected chi connectivity index (χ0v) is 23.7. The highest BCUT2D eigenvalue weighted by Gasteiger charge is 2.27.